The molecule has 5 heteroatoms. The van der Waals surface area contributed by atoms with Crippen molar-refractivity contribution < 1.29 is 20.1 Å². The number of aryl methyl sites for hydroxylation is 3. The number of aromatic hydroxyl groups is 3. The van der Waals surface area contributed by atoms with Gasteiger partial charge in [0.05, 0.1) is 11.4 Å². The molecule has 3 N–H and O–H groups in total. The van der Waals surface area contributed by atoms with Crippen LogP contribution in [0, 0.1) is 34.6 Å². The van der Waals surface area contributed by atoms with Gasteiger partial charge in [0.2, 0.25) is 0 Å². The SMILES string of the molecule is Cc1ccc(Oc2cccc(N(c3cc(O)cc(C)c3C)c3cc(O)cc(C)c3C)c2)cc1O. The molecule has 0 unspecified atom stereocenters. The smallest absolute Gasteiger partial charge is 0.131 e. The second kappa shape index (κ2) is 9.02. The molecule has 0 saturated carbocycles. The number of phenolic OH excluding ortho intramolecular Hbond substituents is 3. The molecule has 0 fully saturated rings. The van der Waals surface area contributed by atoms with Crippen molar-refractivity contribution in [1.82, 2.24) is 0 Å². The van der Waals surface area contributed by atoms with Crippen LogP contribution in [0.3, 0.4) is 0 Å². The maximum Gasteiger partial charge on any atom is 0.131 e. The van der Waals surface area contributed by atoms with E-state index in [4.69, 9.17) is 4.74 Å². The molecule has 0 aliphatic rings. The Balaban J connectivity index is 1.88. The largest absolute Gasteiger partial charge is 0.508 e. The topological polar surface area (TPSA) is 73.2 Å². The molecular formula is C29H29NO4. The fraction of sp³-hybridized carbons (Fsp3) is 0.172. The fourth-order valence-electron chi connectivity index (χ4n) is 3.99. The van der Waals surface area contributed by atoms with Crippen LogP contribution in [0.4, 0.5) is 17.1 Å². The predicted octanol–water partition coefficient (Wildman–Crippen LogP) is 7.61. The Morgan fingerprint density at radius 2 is 1.15 bits per heavy atom. The molecule has 0 radical (unpaired) electrons. The van der Waals surface area contributed by atoms with E-state index in [1.165, 1.54) is 0 Å². The van der Waals surface area contributed by atoms with Crippen LogP contribution in [0.1, 0.15) is 27.8 Å². The number of ether oxygens (including phenoxy) is 1. The summed E-state index contributed by atoms with van der Waals surface area (Å²) in [4.78, 5) is 2.02. The van der Waals surface area contributed by atoms with Gasteiger partial charge in [0, 0.05) is 30.0 Å². The number of hydrogen-bond donors (Lipinski definition) is 3. The van der Waals surface area contributed by atoms with Crippen LogP contribution in [-0.2, 0) is 0 Å². The van der Waals surface area contributed by atoms with Crippen molar-refractivity contribution in [2.24, 2.45) is 0 Å². The van der Waals surface area contributed by atoms with Gasteiger partial charge >= 0.3 is 0 Å². The Bertz CT molecular complexity index is 1320. The number of rotatable bonds is 5. The third-order valence-electron chi connectivity index (χ3n) is 6.22. The van der Waals surface area contributed by atoms with Crippen LogP contribution in [0.5, 0.6) is 28.7 Å². The van der Waals surface area contributed by atoms with E-state index in [2.05, 4.69) is 0 Å². The van der Waals surface area contributed by atoms with Crippen LogP contribution >= 0.6 is 0 Å². The van der Waals surface area contributed by atoms with Gasteiger partial charge in [-0.3, -0.25) is 0 Å². The highest BCUT2D eigenvalue weighted by molar-refractivity contribution is 5.83. The van der Waals surface area contributed by atoms with Crippen molar-refractivity contribution in [3.63, 3.8) is 0 Å². The van der Waals surface area contributed by atoms with E-state index in [0.717, 1.165) is 44.9 Å². The molecule has 174 valence electrons. The maximum atomic E-state index is 10.4. The van der Waals surface area contributed by atoms with Gasteiger partial charge in [-0.25, -0.2) is 0 Å². The monoisotopic (exact) mass is 455 g/mol. The van der Waals surface area contributed by atoms with Gasteiger partial charge < -0.3 is 25.0 Å². The summed E-state index contributed by atoms with van der Waals surface area (Å²) in [6, 6.07) is 19.7. The first-order chi connectivity index (χ1) is 16.1. The van der Waals surface area contributed by atoms with Crippen molar-refractivity contribution in [1.29, 1.82) is 0 Å². The number of anilines is 3. The Kier molecular flexibility index (Phi) is 6.12. The third-order valence-corrected chi connectivity index (χ3v) is 6.22. The lowest BCUT2D eigenvalue weighted by Gasteiger charge is -2.30. The standard InChI is InChI=1S/C29H29NO4/c1-17-9-10-26(16-29(17)33)34-25-8-6-7-22(13-25)30(27-14-23(31)11-18(2)20(27)4)28-15-24(32)12-19(3)21(28)5/h6-16,31-33H,1-5H3. The zero-order chi connectivity index (χ0) is 24.6. The predicted molar refractivity (Wildman–Crippen MR) is 136 cm³/mol. The van der Waals surface area contributed by atoms with Crippen molar-refractivity contribution in [3.8, 4) is 28.7 Å². The van der Waals surface area contributed by atoms with E-state index in [9.17, 15) is 15.3 Å². The summed E-state index contributed by atoms with van der Waals surface area (Å²) < 4.78 is 6.05. The third kappa shape index (κ3) is 4.50. The molecule has 0 heterocycles. The van der Waals surface area contributed by atoms with Crippen LogP contribution in [-0.4, -0.2) is 15.3 Å². The van der Waals surface area contributed by atoms with E-state index in [1.54, 1.807) is 36.4 Å². The van der Waals surface area contributed by atoms with Crippen LogP contribution < -0.4 is 9.64 Å². The molecule has 0 spiro atoms. The first-order valence-electron chi connectivity index (χ1n) is 11.1. The average molecular weight is 456 g/mol. The van der Waals surface area contributed by atoms with E-state index >= 15 is 0 Å². The highest BCUT2D eigenvalue weighted by Crippen LogP contribution is 2.43. The van der Waals surface area contributed by atoms with Crippen molar-refractivity contribution >= 4 is 17.1 Å². The number of hydrogen-bond acceptors (Lipinski definition) is 5. The van der Waals surface area contributed by atoms with Gasteiger partial charge in [0.1, 0.15) is 28.7 Å². The highest BCUT2D eigenvalue weighted by Gasteiger charge is 2.20. The second-order valence-electron chi connectivity index (χ2n) is 8.70. The lowest BCUT2D eigenvalue weighted by molar-refractivity contribution is 0.452. The Morgan fingerprint density at radius 3 is 1.71 bits per heavy atom. The Hall–Kier alpha value is -4.12. The molecule has 4 aromatic rings. The molecule has 0 atom stereocenters. The number of nitrogens with zero attached hydrogens (tertiary/aromatic N) is 1. The zero-order valence-electron chi connectivity index (χ0n) is 20.0. The van der Waals surface area contributed by atoms with Gasteiger partial charge in [-0.05, 0) is 92.8 Å². The molecule has 4 aromatic carbocycles. The lowest BCUT2D eigenvalue weighted by atomic mass is 10.0. The first kappa shape index (κ1) is 23.1. The first-order valence-corrected chi connectivity index (χ1v) is 11.1. The van der Waals surface area contributed by atoms with Crippen LogP contribution in [0.25, 0.3) is 0 Å². The summed E-state index contributed by atoms with van der Waals surface area (Å²) in [5, 5.41) is 30.9. The van der Waals surface area contributed by atoms with Crippen molar-refractivity contribution in [2.45, 2.75) is 34.6 Å². The number of phenols is 3. The summed E-state index contributed by atoms with van der Waals surface area (Å²) in [5.41, 5.74) is 7.10. The fourth-order valence-corrected chi connectivity index (χ4v) is 3.99. The van der Waals surface area contributed by atoms with Crippen molar-refractivity contribution in [2.75, 3.05) is 4.90 Å². The minimum absolute atomic E-state index is 0.167. The van der Waals surface area contributed by atoms with Gasteiger partial charge in [0.25, 0.3) is 0 Å². The van der Waals surface area contributed by atoms with E-state index in [0.29, 0.717) is 11.5 Å². The minimum Gasteiger partial charge on any atom is -0.508 e. The molecule has 0 aliphatic heterocycles. The summed E-state index contributed by atoms with van der Waals surface area (Å²) >= 11 is 0. The van der Waals surface area contributed by atoms with Gasteiger partial charge in [0.15, 0.2) is 0 Å². The van der Waals surface area contributed by atoms with Gasteiger partial charge in [-0.1, -0.05) is 12.1 Å². The minimum atomic E-state index is 0.167. The van der Waals surface area contributed by atoms with Crippen LogP contribution in [0.15, 0.2) is 66.7 Å². The summed E-state index contributed by atoms with van der Waals surface area (Å²) in [5.74, 6) is 1.63. The molecule has 0 bridgehead atoms. The molecule has 0 saturated heterocycles. The van der Waals surface area contributed by atoms with E-state index in [-0.39, 0.29) is 17.2 Å². The highest BCUT2D eigenvalue weighted by atomic mass is 16.5. The molecule has 0 amide bonds. The lowest BCUT2D eigenvalue weighted by Crippen LogP contribution is -2.13. The summed E-state index contributed by atoms with van der Waals surface area (Å²) in [6.45, 7) is 9.77. The average Bonchev–Trinajstić information content (AvgIpc) is 2.78. The summed E-state index contributed by atoms with van der Waals surface area (Å²) in [6.07, 6.45) is 0. The Labute approximate surface area is 200 Å². The molecule has 5 nitrogen and oxygen atoms in total. The van der Waals surface area contributed by atoms with Gasteiger partial charge in [-0.15, -0.1) is 0 Å². The second-order valence-corrected chi connectivity index (χ2v) is 8.70. The molecular weight excluding hydrogens is 426 g/mol. The van der Waals surface area contributed by atoms with E-state index in [1.807, 2.05) is 69.9 Å². The maximum absolute atomic E-state index is 10.4. The Morgan fingerprint density at radius 1 is 0.588 bits per heavy atom. The normalized spacial score (nSPS) is 10.9. The summed E-state index contributed by atoms with van der Waals surface area (Å²) in [7, 11) is 0. The molecule has 4 rings (SSSR count). The number of benzene rings is 4. The molecule has 0 aromatic heterocycles. The zero-order valence-corrected chi connectivity index (χ0v) is 20.0. The van der Waals surface area contributed by atoms with Gasteiger partial charge in [-0.2, -0.15) is 0 Å². The molecule has 34 heavy (non-hydrogen) atoms. The quantitative estimate of drug-likeness (QED) is 0.289. The molecule has 0 aliphatic carbocycles. The van der Waals surface area contributed by atoms with Crippen LogP contribution in [0.2, 0.25) is 0 Å². The van der Waals surface area contributed by atoms with E-state index < -0.39 is 0 Å². The van der Waals surface area contributed by atoms with Crippen molar-refractivity contribution in [3.05, 3.63) is 94.5 Å².